The molecule has 0 radical (unpaired) electrons. The van der Waals surface area contributed by atoms with Gasteiger partial charge in [0.2, 0.25) is 17.8 Å². The normalized spacial score (nSPS) is 16.2. The second kappa shape index (κ2) is 11.1. The van der Waals surface area contributed by atoms with Crippen molar-refractivity contribution in [1.29, 1.82) is 0 Å². The number of hydrazine groups is 1. The molecule has 2 fully saturated rings. The van der Waals surface area contributed by atoms with E-state index < -0.39 is 24.9 Å². The van der Waals surface area contributed by atoms with Gasteiger partial charge in [0.15, 0.2) is 5.82 Å². The monoisotopic (exact) mass is 533 g/mol. The van der Waals surface area contributed by atoms with Crippen LogP contribution in [0.25, 0.3) is 17.0 Å². The molecule has 0 saturated carbocycles. The molecule has 0 bridgehead atoms. The summed E-state index contributed by atoms with van der Waals surface area (Å²) in [4.78, 5) is 44.1. The Morgan fingerprint density at radius 1 is 1.00 bits per heavy atom. The number of nitrogens with zero attached hydrogens (tertiary/aromatic N) is 8. The number of fused-ring (bicyclic) bond motifs is 1. The molecule has 2 saturated heterocycles. The lowest BCUT2D eigenvalue weighted by atomic mass is 10.2. The smallest absolute Gasteiger partial charge is 0.426 e. The molecule has 0 aliphatic carbocycles. The van der Waals surface area contributed by atoms with Gasteiger partial charge in [-0.15, -0.1) is 0 Å². The number of imidazole rings is 1. The van der Waals surface area contributed by atoms with E-state index in [1.54, 1.807) is 12.1 Å². The Kier molecular flexibility index (Phi) is 7.41. The molecule has 4 heterocycles. The van der Waals surface area contributed by atoms with Crippen LogP contribution in [-0.2, 0) is 14.3 Å². The van der Waals surface area contributed by atoms with Crippen molar-refractivity contribution >= 4 is 41.0 Å². The summed E-state index contributed by atoms with van der Waals surface area (Å²) in [5, 5.41) is 10.0. The Bertz CT molecular complexity index is 1280. The van der Waals surface area contributed by atoms with Gasteiger partial charge in [0.05, 0.1) is 37.6 Å². The summed E-state index contributed by atoms with van der Waals surface area (Å²) >= 11 is 0. The molecular weight excluding hydrogens is 508 g/mol. The van der Waals surface area contributed by atoms with Crippen LogP contribution in [-0.4, -0.2) is 106 Å². The predicted molar refractivity (Wildman–Crippen MR) is 130 cm³/mol. The number of para-hydroxylation sites is 1. The zero-order valence-electron chi connectivity index (χ0n) is 20.2. The number of halogens is 2. The summed E-state index contributed by atoms with van der Waals surface area (Å²) in [5.74, 6) is -0.0437. The zero-order valence-corrected chi connectivity index (χ0v) is 20.2. The average Bonchev–Trinajstić information content (AvgIpc) is 3.34. The maximum atomic E-state index is 14.3. The lowest BCUT2D eigenvalue weighted by molar-refractivity contribution is -0.108. The Morgan fingerprint density at radius 3 is 2.11 bits per heavy atom. The zero-order chi connectivity index (χ0) is 26.6. The molecule has 2 N–H and O–H groups in total. The van der Waals surface area contributed by atoms with Gasteiger partial charge in [0.25, 0.3) is 6.43 Å². The number of hydrogen-bond donors (Lipinski definition) is 2. The van der Waals surface area contributed by atoms with Crippen LogP contribution >= 0.6 is 0 Å². The van der Waals surface area contributed by atoms with Crippen molar-refractivity contribution in [3.05, 3.63) is 24.0 Å². The molecule has 2 aliphatic heterocycles. The van der Waals surface area contributed by atoms with E-state index in [9.17, 15) is 23.5 Å². The molecule has 202 valence electrons. The summed E-state index contributed by atoms with van der Waals surface area (Å²) in [6.45, 7) is 3.50. The third kappa shape index (κ3) is 5.12. The summed E-state index contributed by atoms with van der Waals surface area (Å²) in [5.41, 5.74) is 2.95. The van der Waals surface area contributed by atoms with Crippen LogP contribution in [0.5, 0.6) is 0 Å². The maximum absolute atomic E-state index is 14.3. The topological polar surface area (TPSA) is 151 Å². The fourth-order valence-electron chi connectivity index (χ4n) is 4.21. The summed E-state index contributed by atoms with van der Waals surface area (Å²) in [6, 6.07) is 4.57. The number of carbonyl (C=O) groups excluding carboxylic acids is 1. The average molecular weight is 533 g/mol. The number of benzene rings is 1. The van der Waals surface area contributed by atoms with E-state index in [-0.39, 0.29) is 22.7 Å². The van der Waals surface area contributed by atoms with Crippen molar-refractivity contribution in [2.45, 2.75) is 6.43 Å². The van der Waals surface area contributed by atoms with Gasteiger partial charge in [-0.05, 0) is 12.1 Å². The molecular formula is C22H25F2N9O5. The lowest BCUT2D eigenvalue weighted by Gasteiger charge is -2.30. The van der Waals surface area contributed by atoms with E-state index in [1.165, 1.54) is 6.07 Å². The molecule has 1 amide bonds. The Morgan fingerprint density at radius 2 is 1.58 bits per heavy atom. The van der Waals surface area contributed by atoms with Crippen LogP contribution in [0.4, 0.5) is 31.2 Å². The van der Waals surface area contributed by atoms with Crippen LogP contribution in [0.3, 0.4) is 0 Å². The maximum Gasteiger partial charge on any atom is 0.426 e. The van der Waals surface area contributed by atoms with Gasteiger partial charge in [-0.25, -0.2) is 23.6 Å². The first-order valence-electron chi connectivity index (χ1n) is 11.9. The Labute approximate surface area is 214 Å². The number of alkyl halides is 2. The Hall–Kier alpha value is -4.18. The largest absolute Gasteiger partial charge is 0.464 e. The molecule has 2 aromatic heterocycles. The van der Waals surface area contributed by atoms with Crippen molar-refractivity contribution < 1.29 is 33.0 Å². The minimum Gasteiger partial charge on any atom is -0.464 e. The summed E-state index contributed by atoms with van der Waals surface area (Å²) < 4.78 is 40.7. The SMILES string of the molecule is O=CCN(Nc1cccc2c1nc(C(F)F)n2-c1nc(N2CCOCC2)nc(N2CCOCC2)n1)C(=O)O. The molecule has 3 aromatic rings. The van der Waals surface area contributed by atoms with Gasteiger partial charge in [0, 0.05) is 26.2 Å². The minimum atomic E-state index is -3.00. The molecule has 5 rings (SSSR count). The number of ether oxygens (including phenoxy) is 2. The molecule has 38 heavy (non-hydrogen) atoms. The highest BCUT2D eigenvalue weighted by Crippen LogP contribution is 2.32. The highest BCUT2D eigenvalue weighted by Gasteiger charge is 2.27. The van der Waals surface area contributed by atoms with Crippen LogP contribution in [0, 0.1) is 0 Å². The van der Waals surface area contributed by atoms with Gasteiger partial charge < -0.3 is 29.2 Å². The molecule has 0 spiro atoms. The van der Waals surface area contributed by atoms with E-state index in [1.807, 2.05) is 9.80 Å². The summed E-state index contributed by atoms with van der Waals surface area (Å²) in [6.07, 6.45) is -4.03. The van der Waals surface area contributed by atoms with Gasteiger partial charge in [0.1, 0.15) is 18.3 Å². The number of morpholine rings is 2. The number of anilines is 3. The fraction of sp³-hybridized carbons (Fsp3) is 0.455. The number of aldehydes is 1. The van der Waals surface area contributed by atoms with Gasteiger partial charge in [-0.2, -0.15) is 15.0 Å². The minimum absolute atomic E-state index is 0.0547. The first kappa shape index (κ1) is 25.5. The quantitative estimate of drug-likeness (QED) is 0.317. The standard InChI is InChI=1S/C22H25F2N9O5/c23-17(24)18-25-16-14(29-32(4-9-34)22(35)36)2-1-3-15(16)33(18)21-27-19(30-5-10-37-11-6-30)26-20(28-21)31-7-12-38-13-8-31/h1-3,9,17,29H,4-8,10-13H2,(H,35,36). The van der Waals surface area contributed by atoms with Gasteiger partial charge in [-0.3, -0.25) is 9.99 Å². The molecule has 2 aliphatic rings. The van der Waals surface area contributed by atoms with Crippen LogP contribution in [0.1, 0.15) is 12.2 Å². The van der Waals surface area contributed by atoms with Crippen molar-refractivity contribution in [2.75, 3.05) is 74.4 Å². The first-order valence-corrected chi connectivity index (χ1v) is 11.9. The number of aromatic nitrogens is 5. The fourth-order valence-corrected chi connectivity index (χ4v) is 4.21. The van der Waals surface area contributed by atoms with Crippen LogP contribution < -0.4 is 15.2 Å². The number of rotatable bonds is 8. The predicted octanol–water partition coefficient (Wildman–Crippen LogP) is 1.33. The third-order valence-corrected chi connectivity index (χ3v) is 6.04. The van der Waals surface area contributed by atoms with E-state index in [4.69, 9.17) is 9.47 Å². The molecule has 14 nitrogen and oxygen atoms in total. The van der Waals surface area contributed by atoms with Gasteiger partial charge in [-0.1, -0.05) is 6.07 Å². The van der Waals surface area contributed by atoms with Crippen LogP contribution in [0.15, 0.2) is 18.2 Å². The second-order valence-electron chi connectivity index (χ2n) is 8.39. The highest BCUT2D eigenvalue weighted by atomic mass is 19.3. The Balaban J connectivity index is 1.65. The molecule has 0 atom stereocenters. The second-order valence-corrected chi connectivity index (χ2v) is 8.39. The molecule has 1 aromatic carbocycles. The summed E-state index contributed by atoms with van der Waals surface area (Å²) in [7, 11) is 0. The van der Waals surface area contributed by atoms with Crippen LogP contribution in [0.2, 0.25) is 0 Å². The third-order valence-electron chi connectivity index (χ3n) is 6.04. The number of hydrogen-bond acceptors (Lipinski definition) is 11. The van der Waals surface area contributed by atoms with E-state index in [0.717, 1.165) is 4.57 Å². The van der Waals surface area contributed by atoms with Gasteiger partial charge >= 0.3 is 6.09 Å². The van der Waals surface area contributed by atoms with E-state index in [0.29, 0.717) is 75.8 Å². The van der Waals surface area contributed by atoms with E-state index >= 15 is 0 Å². The highest BCUT2D eigenvalue weighted by molar-refractivity contribution is 5.90. The lowest BCUT2D eigenvalue weighted by Crippen LogP contribution is -2.40. The number of carboxylic acid groups (broad SMARTS) is 1. The van der Waals surface area contributed by atoms with Crippen molar-refractivity contribution in [1.82, 2.24) is 29.5 Å². The van der Waals surface area contributed by atoms with Crippen molar-refractivity contribution in [3.8, 4) is 5.95 Å². The van der Waals surface area contributed by atoms with E-state index in [2.05, 4.69) is 25.4 Å². The van der Waals surface area contributed by atoms with Crippen molar-refractivity contribution in [3.63, 3.8) is 0 Å². The molecule has 16 heteroatoms. The first-order chi connectivity index (χ1) is 18.5. The molecule has 0 unspecified atom stereocenters. The number of nitrogens with one attached hydrogen (secondary N) is 1. The number of amides is 1. The number of carbonyl (C=O) groups is 2. The van der Waals surface area contributed by atoms with Crippen molar-refractivity contribution in [2.24, 2.45) is 0 Å².